The summed E-state index contributed by atoms with van der Waals surface area (Å²) in [6.07, 6.45) is 3.52. The van der Waals surface area contributed by atoms with E-state index in [4.69, 9.17) is 14.4 Å². The second kappa shape index (κ2) is 11.6. The van der Waals surface area contributed by atoms with E-state index in [0.29, 0.717) is 73.7 Å². The van der Waals surface area contributed by atoms with Crippen LogP contribution in [0, 0.1) is 12.8 Å². The van der Waals surface area contributed by atoms with E-state index in [1.165, 1.54) is 0 Å². The summed E-state index contributed by atoms with van der Waals surface area (Å²) in [5.41, 5.74) is 1.86. The number of hydrogen-bond acceptors (Lipinski definition) is 7. The Bertz CT molecular complexity index is 1200. The molecule has 1 aromatic heterocycles. The second-order valence-electron chi connectivity index (χ2n) is 8.95. The fourth-order valence-electron chi connectivity index (χ4n) is 4.22. The average molecular weight is 492 g/mol. The van der Waals surface area contributed by atoms with E-state index in [1.54, 1.807) is 55.5 Å². The van der Waals surface area contributed by atoms with Crippen LogP contribution < -0.4 is 10.1 Å². The molecular formula is C27H29N3O6. The third kappa shape index (κ3) is 6.56. The van der Waals surface area contributed by atoms with Crippen molar-refractivity contribution >= 4 is 17.7 Å². The molecule has 4 rings (SSSR count). The van der Waals surface area contributed by atoms with Crippen molar-refractivity contribution < 1.29 is 28.8 Å². The van der Waals surface area contributed by atoms with Gasteiger partial charge in [-0.15, -0.1) is 0 Å². The summed E-state index contributed by atoms with van der Waals surface area (Å²) in [6, 6.07) is 14.0. The minimum Gasteiger partial charge on any atom is -0.490 e. The summed E-state index contributed by atoms with van der Waals surface area (Å²) in [7, 11) is 0. The molecule has 0 aliphatic heterocycles. The highest BCUT2D eigenvalue weighted by Gasteiger charge is 2.26. The first-order chi connectivity index (χ1) is 17.4. The van der Waals surface area contributed by atoms with Gasteiger partial charge in [0.1, 0.15) is 5.75 Å². The number of carbonyl (C=O) groups excluding carboxylic acids is 2. The molecule has 1 fully saturated rings. The first kappa shape index (κ1) is 25.1. The molecule has 0 radical (unpaired) electrons. The summed E-state index contributed by atoms with van der Waals surface area (Å²) in [4.78, 5) is 40.1. The SMILES string of the molecule is Cc1nc(-c2ccc(C(=O)NCCCC(=O)c3ccc(OC4CCC(C(=O)O)CC4)cc3)cc2)no1. The number of rotatable bonds is 10. The van der Waals surface area contributed by atoms with Crippen LogP contribution in [0.2, 0.25) is 0 Å². The Morgan fingerprint density at radius 3 is 2.28 bits per heavy atom. The van der Waals surface area contributed by atoms with Gasteiger partial charge < -0.3 is 19.7 Å². The number of carboxylic acid groups (broad SMARTS) is 1. The van der Waals surface area contributed by atoms with Crippen LogP contribution in [-0.4, -0.2) is 45.6 Å². The standard InChI is InChI=1S/C27H29N3O6/c1-17-29-25(30-36-17)19-4-6-20(7-5-19)26(32)28-16-2-3-24(31)18-8-12-22(13-9-18)35-23-14-10-21(11-15-23)27(33)34/h4-9,12-13,21,23H,2-3,10-11,14-16H2,1H3,(H,28,32)(H,33,34). The molecule has 0 spiro atoms. The average Bonchev–Trinajstić information content (AvgIpc) is 3.33. The van der Waals surface area contributed by atoms with Gasteiger partial charge in [-0.1, -0.05) is 17.3 Å². The Hall–Kier alpha value is -4.01. The first-order valence-electron chi connectivity index (χ1n) is 12.1. The molecular weight excluding hydrogens is 462 g/mol. The predicted octanol–water partition coefficient (Wildman–Crippen LogP) is 4.46. The highest BCUT2D eigenvalue weighted by molar-refractivity contribution is 5.96. The third-order valence-electron chi connectivity index (χ3n) is 6.30. The maximum atomic E-state index is 12.5. The number of nitrogens with one attached hydrogen (secondary N) is 1. The van der Waals surface area contributed by atoms with E-state index in [1.807, 2.05) is 0 Å². The fraction of sp³-hybridized carbons (Fsp3) is 0.370. The minimum absolute atomic E-state index is 0.00229. The molecule has 9 nitrogen and oxygen atoms in total. The highest BCUT2D eigenvalue weighted by Crippen LogP contribution is 2.28. The zero-order valence-electron chi connectivity index (χ0n) is 20.1. The maximum Gasteiger partial charge on any atom is 0.306 e. The number of nitrogens with zero attached hydrogens (tertiary/aromatic N) is 2. The summed E-state index contributed by atoms with van der Waals surface area (Å²) < 4.78 is 10.9. The lowest BCUT2D eigenvalue weighted by atomic mass is 9.87. The minimum atomic E-state index is -0.735. The van der Waals surface area contributed by atoms with E-state index in [0.717, 1.165) is 5.56 Å². The smallest absolute Gasteiger partial charge is 0.306 e. The van der Waals surface area contributed by atoms with E-state index >= 15 is 0 Å². The number of aliphatic carboxylic acids is 1. The largest absolute Gasteiger partial charge is 0.490 e. The Morgan fingerprint density at radius 1 is 1.00 bits per heavy atom. The number of carbonyl (C=O) groups is 3. The van der Waals surface area contributed by atoms with Gasteiger partial charge in [-0.3, -0.25) is 14.4 Å². The van der Waals surface area contributed by atoms with Crippen molar-refractivity contribution in [2.24, 2.45) is 5.92 Å². The molecule has 1 aliphatic carbocycles. The first-order valence-corrected chi connectivity index (χ1v) is 12.1. The molecule has 0 unspecified atom stereocenters. The third-order valence-corrected chi connectivity index (χ3v) is 6.30. The van der Waals surface area contributed by atoms with Crippen molar-refractivity contribution in [1.29, 1.82) is 0 Å². The number of benzene rings is 2. The van der Waals surface area contributed by atoms with Crippen LogP contribution in [0.5, 0.6) is 5.75 Å². The van der Waals surface area contributed by atoms with Gasteiger partial charge in [0.25, 0.3) is 5.91 Å². The summed E-state index contributed by atoms with van der Waals surface area (Å²) in [5, 5.41) is 15.8. The molecule has 2 aromatic carbocycles. The number of aromatic nitrogens is 2. The Kier molecular flexibility index (Phi) is 8.10. The monoisotopic (exact) mass is 491 g/mol. The summed E-state index contributed by atoms with van der Waals surface area (Å²) in [6.45, 7) is 2.10. The van der Waals surface area contributed by atoms with E-state index < -0.39 is 5.97 Å². The van der Waals surface area contributed by atoms with Crippen LogP contribution >= 0.6 is 0 Å². The van der Waals surface area contributed by atoms with Crippen LogP contribution in [0.1, 0.15) is 65.1 Å². The number of Topliss-reactive ketones (excluding diaryl/α,β-unsaturated/α-hetero) is 1. The topological polar surface area (TPSA) is 132 Å². The van der Waals surface area contributed by atoms with Gasteiger partial charge in [0.05, 0.1) is 12.0 Å². The zero-order valence-corrected chi connectivity index (χ0v) is 20.1. The summed E-state index contributed by atoms with van der Waals surface area (Å²) in [5.74, 6) is 0.402. The number of ketones is 1. The molecule has 1 saturated carbocycles. The Labute approximate surface area is 208 Å². The molecule has 9 heteroatoms. The van der Waals surface area contributed by atoms with Gasteiger partial charge in [-0.05, 0) is 68.5 Å². The van der Waals surface area contributed by atoms with Gasteiger partial charge in [0.2, 0.25) is 11.7 Å². The van der Waals surface area contributed by atoms with Gasteiger partial charge >= 0.3 is 5.97 Å². The normalized spacial score (nSPS) is 17.4. The molecule has 2 N–H and O–H groups in total. The van der Waals surface area contributed by atoms with Crippen molar-refractivity contribution in [1.82, 2.24) is 15.5 Å². The number of carboxylic acids is 1. The quantitative estimate of drug-likeness (QED) is 0.314. The number of amides is 1. The molecule has 0 bridgehead atoms. The Morgan fingerprint density at radius 2 is 1.67 bits per heavy atom. The van der Waals surface area contributed by atoms with Crippen LogP contribution in [0.3, 0.4) is 0 Å². The lowest BCUT2D eigenvalue weighted by Crippen LogP contribution is -2.27. The van der Waals surface area contributed by atoms with Crippen molar-refractivity contribution in [3.05, 3.63) is 65.5 Å². The summed E-state index contributed by atoms with van der Waals surface area (Å²) >= 11 is 0. The van der Waals surface area contributed by atoms with Gasteiger partial charge in [-0.2, -0.15) is 4.98 Å². The fourth-order valence-corrected chi connectivity index (χ4v) is 4.22. The lowest BCUT2D eigenvalue weighted by molar-refractivity contribution is -0.143. The zero-order chi connectivity index (χ0) is 25.5. The van der Waals surface area contributed by atoms with Gasteiger partial charge in [-0.25, -0.2) is 0 Å². The molecule has 3 aromatic rings. The lowest BCUT2D eigenvalue weighted by Gasteiger charge is -2.26. The number of ether oxygens (including phenoxy) is 1. The molecule has 1 amide bonds. The van der Waals surface area contributed by atoms with E-state index in [9.17, 15) is 14.4 Å². The van der Waals surface area contributed by atoms with E-state index in [2.05, 4.69) is 15.5 Å². The van der Waals surface area contributed by atoms with Gasteiger partial charge in [0.15, 0.2) is 5.78 Å². The maximum absolute atomic E-state index is 12.5. The number of hydrogen-bond donors (Lipinski definition) is 2. The predicted molar refractivity (Wildman–Crippen MR) is 131 cm³/mol. The Balaban J connectivity index is 1.17. The molecule has 1 heterocycles. The van der Waals surface area contributed by atoms with Crippen LogP contribution in [0.25, 0.3) is 11.4 Å². The van der Waals surface area contributed by atoms with Crippen molar-refractivity contribution in [3.8, 4) is 17.1 Å². The van der Waals surface area contributed by atoms with Crippen LogP contribution in [0.4, 0.5) is 0 Å². The molecule has 36 heavy (non-hydrogen) atoms. The van der Waals surface area contributed by atoms with Crippen LogP contribution in [-0.2, 0) is 4.79 Å². The molecule has 1 aliphatic rings. The van der Waals surface area contributed by atoms with Crippen LogP contribution in [0.15, 0.2) is 53.1 Å². The van der Waals surface area contributed by atoms with Crippen molar-refractivity contribution in [3.63, 3.8) is 0 Å². The molecule has 0 saturated heterocycles. The molecule has 188 valence electrons. The van der Waals surface area contributed by atoms with Crippen molar-refractivity contribution in [2.45, 2.75) is 51.6 Å². The van der Waals surface area contributed by atoms with E-state index in [-0.39, 0.29) is 23.7 Å². The van der Waals surface area contributed by atoms with Crippen molar-refractivity contribution in [2.75, 3.05) is 6.54 Å². The molecule has 0 atom stereocenters. The second-order valence-corrected chi connectivity index (χ2v) is 8.95. The van der Waals surface area contributed by atoms with Gasteiger partial charge in [0, 0.05) is 36.6 Å². The number of aryl methyl sites for hydroxylation is 1. The highest BCUT2D eigenvalue weighted by atomic mass is 16.5.